The number of nitrogens with zero attached hydrogens (tertiary/aromatic N) is 3. The first-order chi connectivity index (χ1) is 31.3. The Morgan fingerprint density at radius 1 is 0.254 bits per heavy atom. The van der Waals surface area contributed by atoms with Gasteiger partial charge in [0.15, 0.2) is 0 Å². The highest BCUT2D eigenvalue weighted by Crippen LogP contribution is 2.43. The van der Waals surface area contributed by atoms with Crippen molar-refractivity contribution in [3.8, 4) is 44.8 Å². The average molecular weight is 804 g/mol. The Morgan fingerprint density at radius 3 is 1.33 bits per heavy atom. The van der Waals surface area contributed by atoms with Crippen molar-refractivity contribution in [2.24, 2.45) is 0 Å². The summed E-state index contributed by atoms with van der Waals surface area (Å²) in [7, 11) is 0. The lowest BCUT2D eigenvalue weighted by Gasteiger charge is -2.25. The molecule has 0 aliphatic rings. The fraction of sp³-hybridized carbons (Fsp3) is 0. The summed E-state index contributed by atoms with van der Waals surface area (Å²) in [5, 5.41) is 4.96. The summed E-state index contributed by atoms with van der Waals surface area (Å²) in [5.41, 5.74) is 17.5. The van der Waals surface area contributed by atoms with E-state index in [0.29, 0.717) is 0 Å². The Kier molecular flexibility index (Phi) is 8.83. The molecule has 12 rings (SSSR count). The van der Waals surface area contributed by atoms with Crippen LogP contribution in [-0.4, -0.2) is 9.13 Å². The van der Waals surface area contributed by atoms with Crippen LogP contribution in [0.15, 0.2) is 249 Å². The maximum Gasteiger partial charge on any atom is 0.0547 e. The van der Waals surface area contributed by atoms with Crippen LogP contribution in [-0.2, 0) is 0 Å². The topological polar surface area (TPSA) is 13.1 Å². The van der Waals surface area contributed by atoms with Gasteiger partial charge in [0.05, 0.1) is 22.1 Å². The van der Waals surface area contributed by atoms with E-state index in [1.54, 1.807) is 0 Å². The smallest absolute Gasteiger partial charge is 0.0547 e. The first-order valence-corrected chi connectivity index (χ1v) is 21.6. The summed E-state index contributed by atoms with van der Waals surface area (Å²) in [6.07, 6.45) is 0. The van der Waals surface area contributed by atoms with Gasteiger partial charge in [-0.15, -0.1) is 0 Å². The minimum absolute atomic E-state index is 1.10. The first-order valence-electron chi connectivity index (χ1n) is 21.6. The molecule has 3 heteroatoms. The number of anilines is 3. The lowest BCUT2D eigenvalue weighted by molar-refractivity contribution is 1.18. The number of hydrogen-bond acceptors (Lipinski definition) is 1. The predicted octanol–water partition coefficient (Wildman–Crippen LogP) is 16.4. The molecule has 0 fully saturated rings. The van der Waals surface area contributed by atoms with Gasteiger partial charge in [-0.1, -0.05) is 140 Å². The van der Waals surface area contributed by atoms with E-state index in [1.807, 2.05) is 0 Å². The second kappa shape index (κ2) is 15.3. The molecule has 296 valence electrons. The van der Waals surface area contributed by atoms with Gasteiger partial charge in [-0.25, -0.2) is 0 Å². The van der Waals surface area contributed by atoms with E-state index in [1.165, 1.54) is 65.9 Å². The molecule has 0 unspecified atom stereocenters. The summed E-state index contributed by atoms with van der Waals surface area (Å²) >= 11 is 0. The highest BCUT2D eigenvalue weighted by atomic mass is 15.1. The number of rotatable bonds is 8. The summed E-state index contributed by atoms with van der Waals surface area (Å²) < 4.78 is 4.79. The highest BCUT2D eigenvalue weighted by molar-refractivity contribution is 6.16. The molecule has 0 saturated heterocycles. The van der Waals surface area contributed by atoms with E-state index in [-0.39, 0.29) is 0 Å². The van der Waals surface area contributed by atoms with Gasteiger partial charge in [-0.3, -0.25) is 0 Å². The van der Waals surface area contributed by atoms with Crippen molar-refractivity contribution >= 4 is 60.7 Å². The van der Waals surface area contributed by atoms with Crippen LogP contribution in [0.25, 0.3) is 88.4 Å². The SMILES string of the molecule is c1ccc(N(c2ccccc2)c2ccc(-c3cc(-c4ccc5c(c4)c4ccccc4n5-c4ccccc4)cc(-c4cccc5c4c4ccccc4n5-c4ccccc4)c3)cc2)cc1. The van der Waals surface area contributed by atoms with Crippen LogP contribution in [0.1, 0.15) is 0 Å². The molecule has 0 saturated carbocycles. The molecule has 10 aromatic carbocycles. The largest absolute Gasteiger partial charge is 0.311 e. The van der Waals surface area contributed by atoms with Crippen molar-refractivity contribution in [2.45, 2.75) is 0 Å². The van der Waals surface area contributed by atoms with Gasteiger partial charge >= 0.3 is 0 Å². The fourth-order valence-corrected chi connectivity index (χ4v) is 9.64. The third kappa shape index (κ3) is 6.29. The number of fused-ring (bicyclic) bond motifs is 6. The molecule has 3 nitrogen and oxygen atoms in total. The molecule has 0 aliphatic heterocycles. The van der Waals surface area contributed by atoms with Crippen LogP contribution in [0.2, 0.25) is 0 Å². The van der Waals surface area contributed by atoms with Gasteiger partial charge < -0.3 is 14.0 Å². The minimum atomic E-state index is 1.10. The van der Waals surface area contributed by atoms with E-state index >= 15 is 0 Å². The van der Waals surface area contributed by atoms with Gasteiger partial charge in [0.25, 0.3) is 0 Å². The van der Waals surface area contributed by atoms with E-state index in [9.17, 15) is 0 Å². The van der Waals surface area contributed by atoms with Crippen LogP contribution in [0, 0.1) is 0 Å². The monoisotopic (exact) mass is 803 g/mol. The van der Waals surface area contributed by atoms with Crippen molar-refractivity contribution in [3.05, 3.63) is 249 Å². The Labute approximate surface area is 366 Å². The quantitative estimate of drug-likeness (QED) is 0.149. The number of aromatic nitrogens is 2. The normalized spacial score (nSPS) is 11.5. The first kappa shape index (κ1) is 36.5. The highest BCUT2D eigenvalue weighted by Gasteiger charge is 2.19. The van der Waals surface area contributed by atoms with Gasteiger partial charge in [0.2, 0.25) is 0 Å². The van der Waals surface area contributed by atoms with Gasteiger partial charge in [-0.05, 0) is 143 Å². The molecule has 0 amide bonds. The Bertz CT molecular complexity index is 3550. The lowest BCUT2D eigenvalue weighted by Crippen LogP contribution is -2.09. The molecule has 0 aliphatic carbocycles. The fourth-order valence-electron chi connectivity index (χ4n) is 9.64. The van der Waals surface area contributed by atoms with Gasteiger partial charge in [0.1, 0.15) is 0 Å². The molecule has 12 aromatic rings. The lowest BCUT2D eigenvalue weighted by atomic mass is 9.91. The molecule has 2 aromatic heterocycles. The molecule has 0 radical (unpaired) electrons. The van der Waals surface area contributed by atoms with Crippen LogP contribution in [0.4, 0.5) is 17.1 Å². The average Bonchev–Trinajstić information content (AvgIpc) is 3.88. The van der Waals surface area contributed by atoms with E-state index in [4.69, 9.17) is 0 Å². The molecule has 0 N–H and O–H groups in total. The molecular weight excluding hydrogens is 763 g/mol. The zero-order chi connectivity index (χ0) is 41.7. The van der Waals surface area contributed by atoms with Crippen molar-refractivity contribution in [3.63, 3.8) is 0 Å². The summed E-state index contributed by atoms with van der Waals surface area (Å²) in [5.74, 6) is 0. The van der Waals surface area contributed by atoms with E-state index in [0.717, 1.165) is 39.6 Å². The Balaban J connectivity index is 1.07. The number of para-hydroxylation sites is 6. The number of benzene rings is 10. The van der Waals surface area contributed by atoms with Crippen molar-refractivity contribution in [2.75, 3.05) is 4.90 Å². The Hall–Kier alpha value is -8.40. The van der Waals surface area contributed by atoms with Crippen molar-refractivity contribution in [1.82, 2.24) is 9.13 Å². The van der Waals surface area contributed by atoms with E-state index < -0.39 is 0 Å². The van der Waals surface area contributed by atoms with E-state index in [2.05, 4.69) is 263 Å². The zero-order valence-electron chi connectivity index (χ0n) is 34.5. The second-order valence-corrected chi connectivity index (χ2v) is 16.2. The van der Waals surface area contributed by atoms with Crippen LogP contribution < -0.4 is 4.90 Å². The van der Waals surface area contributed by atoms with Gasteiger partial charge in [-0.2, -0.15) is 0 Å². The molecule has 63 heavy (non-hydrogen) atoms. The maximum atomic E-state index is 2.40. The Morgan fingerprint density at radius 2 is 0.698 bits per heavy atom. The molecule has 0 spiro atoms. The predicted molar refractivity (Wildman–Crippen MR) is 266 cm³/mol. The van der Waals surface area contributed by atoms with Crippen molar-refractivity contribution in [1.29, 1.82) is 0 Å². The van der Waals surface area contributed by atoms with Crippen LogP contribution in [0.5, 0.6) is 0 Å². The third-order valence-corrected chi connectivity index (χ3v) is 12.5. The number of hydrogen-bond donors (Lipinski definition) is 0. The maximum absolute atomic E-state index is 2.40. The standard InChI is InChI=1S/C60H41N3/c1-5-18-47(19-6-1)61(48-20-7-2-8-21-48)51-35-32-42(33-36-51)44-38-45(43-34-37-58-55(41-43)53-26-13-15-29-56(53)62(58)49-22-9-3-10-23-49)40-46(39-44)52-28-17-31-59-60(52)54-27-14-16-30-57(54)63(59)50-24-11-4-12-25-50/h1-41H. The van der Waals surface area contributed by atoms with Crippen LogP contribution >= 0.6 is 0 Å². The van der Waals surface area contributed by atoms with Gasteiger partial charge in [0, 0.05) is 50.0 Å². The second-order valence-electron chi connectivity index (χ2n) is 16.2. The minimum Gasteiger partial charge on any atom is -0.311 e. The summed E-state index contributed by atoms with van der Waals surface area (Å²) in [6.45, 7) is 0. The summed E-state index contributed by atoms with van der Waals surface area (Å²) in [4.78, 5) is 2.32. The van der Waals surface area contributed by atoms with Crippen LogP contribution in [0.3, 0.4) is 0 Å². The zero-order valence-corrected chi connectivity index (χ0v) is 34.5. The third-order valence-electron chi connectivity index (χ3n) is 12.5. The molecule has 0 atom stereocenters. The van der Waals surface area contributed by atoms with Crippen molar-refractivity contribution < 1.29 is 0 Å². The molecule has 0 bridgehead atoms. The molecule has 2 heterocycles. The molecular formula is C60H41N3. The summed E-state index contributed by atoms with van der Waals surface area (Å²) in [6, 6.07) is 90.1.